The van der Waals surface area contributed by atoms with E-state index in [1.54, 1.807) is 0 Å². The molecule has 7 heteroatoms. The summed E-state index contributed by atoms with van der Waals surface area (Å²) < 4.78 is 29.7. The minimum absolute atomic E-state index is 0.132. The molecule has 0 bridgehead atoms. The van der Waals surface area contributed by atoms with Crippen LogP contribution in [0.3, 0.4) is 0 Å². The van der Waals surface area contributed by atoms with Crippen LogP contribution in [0.1, 0.15) is 21.7 Å². The first-order valence-corrected chi connectivity index (χ1v) is 7.87. The Morgan fingerprint density at radius 1 is 1.12 bits per heavy atom. The lowest BCUT2D eigenvalue weighted by Crippen LogP contribution is -2.15. The summed E-state index contributed by atoms with van der Waals surface area (Å²) in [6.45, 7) is 1.85. The highest BCUT2D eigenvalue weighted by Gasteiger charge is 2.22. The quantitative estimate of drug-likeness (QED) is 0.747. The Bertz CT molecular complexity index is 926. The summed E-state index contributed by atoms with van der Waals surface area (Å²) in [5.41, 5.74) is 0.612. The maximum atomic E-state index is 14.4. The minimum atomic E-state index is -0.839. The fourth-order valence-electron chi connectivity index (χ4n) is 2.36. The summed E-state index contributed by atoms with van der Waals surface area (Å²) >= 11 is 5.67. The van der Waals surface area contributed by atoms with E-state index in [0.717, 1.165) is 5.56 Å². The number of aromatic nitrogens is 2. The summed E-state index contributed by atoms with van der Waals surface area (Å²) in [6.07, 6.45) is 0. The summed E-state index contributed by atoms with van der Waals surface area (Å²) in [4.78, 5) is 12.3. The molecule has 0 unspecified atom stereocenters. The van der Waals surface area contributed by atoms with Gasteiger partial charge in [-0.3, -0.25) is 9.48 Å². The van der Waals surface area contributed by atoms with Crippen molar-refractivity contribution in [2.24, 2.45) is 0 Å². The van der Waals surface area contributed by atoms with Crippen LogP contribution in [-0.2, 0) is 6.54 Å². The third kappa shape index (κ3) is 3.53. The monoisotopic (exact) mass is 361 g/mol. The van der Waals surface area contributed by atoms with Gasteiger partial charge < -0.3 is 5.32 Å². The Hall–Kier alpha value is -2.73. The SMILES string of the molecule is Cc1c(F)c(C(=O)Nc2cccc(Cl)c2F)nn1Cc1ccccc1. The van der Waals surface area contributed by atoms with Gasteiger partial charge in [0.1, 0.15) is 0 Å². The Labute approximate surface area is 148 Å². The van der Waals surface area contributed by atoms with E-state index in [0.29, 0.717) is 6.54 Å². The number of carbonyl (C=O) groups is 1. The molecule has 1 aromatic heterocycles. The second-order valence-electron chi connectivity index (χ2n) is 5.45. The van der Waals surface area contributed by atoms with Gasteiger partial charge in [-0.2, -0.15) is 5.10 Å². The van der Waals surface area contributed by atoms with Crippen LogP contribution in [-0.4, -0.2) is 15.7 Å². The van der Waals surface area contributed by atoms with Crippen molar-refractivity contribution in [2.75, 3.05) is 5.32 Å². The van der Waals surface area contributed by atoms with Gasteiger partial charge in [-0.25, -0.2) is 8.78 Å². The van der Waals surface area contributed by atoms with Gasteiger partial charge in [0.2, 0.25) is 0 Å². The third-order valence-electron chi connectivity index (χ3n) is 3.72. The molecule has 3 aromatic rings. The number of anilines is 1. The molecular weight excluding hydrogens is 348 g/mol. The molecule has 0 saturated heterocycles. The van der Waals surface area contributed by atoms with Crippen LogP contribution in [0.25, 0.3) is 0 Å². The third-order valence-corrected chi connectivity index (χ3v) is 4.02. The number of hydrogen-bond acceptors (Lipinski definition) is 2. The molecule has 0 aliphatic carbocycles. The molecular formula is C18H14ClF2N3O. The van der Waals surface area contributed by atoms with Gasteiger partial charge in [0.15, 0.2) is 17.3 Å². The molecule has 0 aliphatic heterocycles. The number of benzene rings is 2. The molecule has 0 spiro atoms. The average Bonchev–Trinajstić information content (AvgIpc) is 2.88. The summed E-state index contributed by atoms with van der Waals surface area (Å²) in [6, 6.07) is 13.5. The predicted molar refractivity (Wildman–Crippen MR) is 91.8 cm³/mol. The fraction of sp³-hybridized carbons (Fsp3) is 0.111. The Kier molecular flexibility index (Phi) is 4.81. The zero-order valence-corrected chi connectivity index (χ0v) is 14.0. The van der Waals surface area contributed by atoms with Gasteiger partial charge in [0.05, 0.1) is 22.9 Å². The highest BCUT2D eigenvalue weighted by atomic mass is 35.5. The van der Waals surface area contributed by atoms with Crippen molar-refractivity contribution >= 4 is 23.2 Å². The molecule has 0 fully saturated rings. The normalized spacial score (nSPS) is 10.7. The van der Waals surface area contributed by atoms with Crippen LogP contribution in [0.2, 0.25) is 5.02 Å². The molecule has 0 aliphatic rings. The van der Waals surface area contributed by atoms with Crippen molar-refractivity contribution in [1.29, 1.82) is 0 Å². The Balaban J connectivity index is 1.86. The van der Waals surface area contributed by atoms with Crippen molar-refractivity contribution < 1.29 is 13.6 Å². The van der Waals surface area contributed by atoms with E-state index in [9.17, 15) is 13.6 Å². The van der Waals surface area contributed by atoms with Crippen LogP contribution in [0.4, 0.5) is 14.5 Å². The first kappa shape index (κ1) is 17.1. The largest absolute Gasteiger partial charge is 0.318 e. The highest BCUT2D eigenvalue weighted by Crippen LogP contribution is 2.23. The summed E-state index contributed by atoms with van der Waals surface area (Å²) in [7, 11) is 0. The number of nitrogens with zero attached hydrogens (tertiary/aromatic N) is 2. The van der Waals surface area contributed by atoms with Crippen LogP contribution in [0.5, 0.6) is 0 Å². The molecule has 0 radical (unpaired) electrons. The zero-order chi connectivity index (χ0) is 18.0. The topological polar surface area (TPSA) is 46.9 Å². The zero-order valence-electron chi connectivity index (χ0n) is 13.3. The molecule has 128 valence electrons. The predicted octanol–water partition coefficient (Wildman–Crippen LogP) is 4.42. The van der Waals surface area contributed by atoms with E-state index in [1.165, 1.54) is 29.8 Å². The van der Waals surface area contributed by atoms with Gasteiger partial charge in [-0.05, 0) is 24.6 Å². The van der Waals surface area contributed by atoms with E-state index < -0.39 is 23.2 Å². The lowest BCUT2D eigenvalue weighted by molar-refractivity contribution is 0.101. The van der Waals surface area contributed by atoms with Crippen molar-refractivity contribution in [3.63, 3.8) is 0 Å². The first-order chi connectivity index (χ1) is 12.0. The average molecular weight is 362 g/mol. The standard InChI is InChI=1S/C18H14ClF2N3O/c1-11-15(20)17(23-24(11)10-12-6-3-2-4-7-12)18(25)22-14-9-5-8-13(19)16(14)21/h2-9H,10H2,1H3,(H,22,25). The molecule has 0 saturated carbocycles. The van der Waals surface area contributed by atoms with Crippen LogP contribution < -0.4 is 5.32 Å². The highest BCUT2D eigenvalue weighted by molar-refractivity contribution is 6.31. The van der Waals surface area contributed by atoms with Gasteiger partial charge >= 0.3 is 0 Å². The molecule has 0 atom stereocenters. The van der Waals surface area contributed by atoms with Crippen molar-refractivity contribution in [3.8, 4) is 0 Å². The number of hydrogen-bond donors (Lipinski definition) is 1. The number of rotatable bonds is 4. The lowest BCUT2D eigenvalue weighted by atomic mass is 10.2. The Morgan fingerprint density at radius 2 is 1.84 bits per heavy atom. The summed E-state index contributed by atoms with van der Waals surface area (Å²) in [5, 5.41) is 6.19. The number of nitrogens with one attached hydrogen (secondary N) is 1. The van der Waals surface area contributed by atoms with E-state index in [2.05, 4.69) is 10.4 Å². The summed E-state index contributed by atoms with van der Waals surface area (Å²) in [5.74, 6) is -2.36. The van der Waals surface area contributed by atoms with Gasteiger partial charge in [-0.1, -0.05) is 48.0 Å². The van der Waals surface area contributed by atoms with Crippen molar-refractivity contribution in [2.45, 2.75) is 13.5 Å². The smallest absolute Gasteiger partial charge is 0.279 e. The maximum absolute atomic E-state index is 14.4. The van der Waals surface area contributed by atoms with E-state index in [1.807, 2.05) is 30.3 Å². The van der Waals surface area contributed by atoms with Gasteiger partial charge in [-0.15, -0.1) is 0 Å². The molecule has 1 N–H and O–H groups in total. The van der Waals surface area contributed by atoms with Crippen LogP contribution in [0.15, 0.2) is 48.5 Å². The van der Waals surface area contributed by atoms with E-state index in [-0.39, 0.29) is 16.4 Å². The van der Waals surface area contributed by atoms with Crippen molar-refractivity contribution in [1.82, 2.24) is 9.78 Å². The van der Waals surface area contributed by atoms with Gasteiger partial charge in [0, 0.05) is 0 Å². The molecule has 4 nitrogen and oxygen atoms in total. The molecule has 1 heterocycles. The molecule has 1 amide bonds. The number of halogens is 3. The fourth-order valence-corrected chi connectivity index (χ4v) is 2.54. The minimum Gasteiger partial charge on any atom is -0.318 e. The molecule has 2 aromatic carbocycles. The molecule has 3 rings (SSSR count). The maximum Gasteiger partial charge on any atom is 0.279 e. The lowest BCUT2D eigenvalue weighted by Gasteiger charge is -2.05. The second-order valence-corrected chi connectivity index (χ2v) is 5.85. The number of amides is 1. The van der Waals surface area contributed by atoms with Gasteiger partial charge in [0.25, 0.3) is 5.91 Å². The van der Waals surface area contributed by atoms with Crippen molar-refractivity contribution in [3.05, 3.63) is 82.1 Å². The second kappa shape index (κ2) is 7.03. The van der Waals surface area contributed by atoms with E-state index in [4.69, 9.17) is 11.6 Å². The number of carbonyl (C=O) groups excluding carboxylic acids is 1. The first-order valence-electron chi connectivity index (χ1n) is 7.49. The Morgan fingerprint density at radius 3 is 2.56 bits per heavy atom. The van der Waals surface area contributed by atoms with Crippen LogP contribution in [0, 0.1) is 18.6 Å². The molecule has 25 heavy (non-hydrogen) atoms. The van der Waals surface area contributed by atoms with Crippen LogP contribution >= 0.6 is 11.6 Å². The van der Waals surface area contributed by atoms with E-state index >= 15 is 0 Å².